The Kier molecular flexibility index (Phi) is 8.72. The molecule has 0 bridgehead atoms. The number of pyridine rings is 2. The second-order valence-electron chi connectivity index (χ2n) is 14.6. The molecule has 0 N–H and O–H groups in total. The van der Waals surface area contributed by atoms with E-state index in [1.54, 1.807) is 6.20 Å². The molecule has 0 saturated carbocycles. The van der Waals surface area contributed by atoms with Gasteiger partial charge in [0.15, 0.2) is 5.82 Å². The van der Waals surface area contributed by atoms with E-state index in [1.165, 1.54) is 53.9 Å². The van der Waals surface area contributed by atoms with Gasteiger partial charge in [-0.15, -0.1) is 0 Å². The quantitative estimate of drug-likeness (QED) is 0.178. The van der Waals surface area contributed by atoms with Gasteiger partial charge in [0.05, 0.1) is 17.1 Å². The van der Waals surface area contributed by atoms with Crippen molar-refractivity contribution < 1.29 is 0 Å². The molecule has 7 aromatic carbocycles. The van der Waals surface area contributed by atoms with Crippen molar-refractivity contribution in [1.82, 2.24) is 19.9 Å². The Balaban J connectivity index is 1.17. The number of benzene rings is 7. The number of hydrogen-bond donors (Lipinski definition) is 0. The van der Waals surface area contributed by atoms with Crippen molar-refractivity contribution >= 4 is 22.5 Å². The highest BCUT2D eigenvalue weighted by Gasteiger charge is 2.23. The molecule has 1 aliphatic heterocycles. The molecular weight excluding hydrogens is 737 g/mol. The lowest BCUT2D eigenvalue weighted by atomic mass is 9.85. The predicted octanol–water partition coefficient (Wildman–Crippen LogP) is 14.2. The number of nitrogens with zero attached hydrogens (tertiary/aromatic N) is 4. The maximum Gasteiger partial charge on any atom is 0.160 e. The minimum Gasteiger partial charge on any atom is -0.264 e. The first-order chi connectivity index (χ1) is 29.2. The zero-order chi connectivity index (χ0) is 39.1. The molecule has 11 rings (SSSR count). The molecule has 10 aromatic rings. The van der Waals surface area contributed by atoms with Crippen LogP contribution in [0.3, 0.4) is 0 Å². The first kappa shape index (κ1) is 34.8. The van der Waals surface area contributed by atoms with E-state index in [0.717, 1.165) is 50.5 Å². The van der Waals surface area contributed by atoms with Gasteiger partial charge in [0.2, 0.25) is 0 Å². The molecule has 0 aliphatic carbocycles. The van der Waals surface area contributed by atoms with Gasteiger partial charge in [-0.2, -0.15) is 0 Å². The summed E-state index contributed by atoms with van der Waals surface area (Å²) in [6, 6.07) is 67.0. The summed E-state index contributed by atoms with van der Waals surface area (Å²) >= 11 is 1.85. The van der Waals surface area contributed by atoms with Crippen LogP contribution in [0.15, 0.2) is 216 Å². The second-order valence-corrected chi connectivity index (χ2v) is 15.7. The van der Waals surface area contributed by atoms with E-state index in [0.29, 0.717) is 5.82 Å². The lowest BCUT2D eigenvalue weighted by molar-refractivity contribution is 1.18. The van der Waals surface area contributed by atoms with Gasteiger partial charge in [0.25, 0.3) is 0 Å². The number of fused-ring (bicyclic) bond motifs is 11. The van der Waals surface area contributed by atoms with E-state index in [4.69, 9.17) is 15.0 Å². The van der Waals surface area contributed by atoms with Crippen LogP contribution in [0.1, 0.15) is 0 Å². The van der Waals surface area contributed by atoms with Crippen molar-refractivity contribution in [3.63, 3.8) is 0 Å². The van der Waals surface area contributed by atoms with Crippen LogP contribution in [0.5, 0.6) is 0 Å². The highest BCUT2D eigenvalue weighted by molar-refractivity contribution is 7.99. The van der Waals surface area contributed by atoms with Crippen LogP contribution in [0, 0.1) is 0 Å². The van der Waals surface area contributed by atoms with Crippen molar-refractivity contribution in [3.8, 4) is 89.7 Å². The highest BCUT2D eigenvalue weighted by atomic mass is 32.2. The van der Waals surface area contributed by atoms with Gasteiger partial charge >= 0.3 is 0 Å². The normalized spacial score (nSPS) is 11.7. The number of rotatable bonds is 4. The highest BCUT2D eigenvalue weighted by Crippen LogP contribution is 2.50. The third kappa shape index (κ3) is 6.38. The Labute approximate surface area is 347 Å². The van der Waals surface area contributed by atoms with E-state index < -0.39 is 0 Å². The van der Waals surface area contributed by atoms with Gasteiger partial charge in [0.1, 0.15) is 0 Å². The lowest BCUT2D eigenvalue weighted by Crippen LogP contribution is -1.97. The van der Waals surface area contributed by atoms with Crippen LogP contribution in [0.4, 0.5) is 0 Å². The minimum atomic E-state index is 0.659. The summed E-state index contributed by atoms with van der Waals surface area (Å²) in [5.41, 5.74) is 15.8. The monoisotopic (exact) mass is 770 g/mol. The van der Waals surface area contributed by atoms with Crippen LogP contribution in [0.2, 0.25) is 0 Å². The molecule has 276 valence electrons. The molecule has 0 unspecified atom stereocenters. The second kappa shape index (κ2) is 14.8. The maximum atomic E-state index is 5.27. The topological polar surface area (TPSA) is 51.6 Å². The van der Waals surface area contributed by atoms with Gasteiger partial charge in [-0.3, -0.25) is 9.97 Å². The minimum absolute atomic E-state index is 0.659. The van der Waals surface area contributed by atoms with Crippen molar-refractivity contribution in [1.29, 1.82) is 0 Å². The largest absolute Gasteiger partial charge is 0.264 e. The van der Waals surface area contributed by atoms with Crippen LogP contribution in [-0.4, -0.2) is 19.9 Å². The Morgan fingerprint density at radius 2 is 0.949 bits per heavy atom. The zero-order valence-corrected chi connectivity index (χ0v) is 32.6. The zero-order valence-electron chi connectivity index (χ0n) is 31.8. The van der Waals surface area contributed by atoms with Crippen molar-refractivity contribution in [2.75, 3.05) is 0 Å². The fourth-order valence-corrected chi connectivity index (χ4v) is 9.45. The van der Waals surface area contributed by atoms with Crippen LogP contribution in [0.25, 0.3) is 100 Å². The SMILES string of the molecule is c1ccc(-c2nc(-c3ccc(-c4cccnc4)nc3)cc(-c3ccc4c(c3)-c3ccc5ccccc5c3Sc3ccccc3-c3ccccc3-c3ccccc3-4)n2)cc1. The van der Waals surface area contributed by atoms with Gasteiger partial charge in [-0.1, -0.05) is 157 Å². The lowest BCUT2D eigenvalue weighted by Gasteiger charge is -2.19. The predicted molar refractivity (Wildman–Crippen MR) is 243 cm³/mol. The molecule has 4 heterocycles. The van der Waals surface area contributed by atoms with Crippen LogP contribution < -0.4 is 0 Å². The smallest absolute Gasteiger partial charge is 0.160 e. The summed E-state index contributed by atoms with van der Waals surface area (Å²) in [5, 5.41) is 2.43. The molecule has 3 aromatic heterocycles. The average molecular weight is 771 g/mol. The fourth-order valence-electron chi connectivity index (χ4n) is 8.21. The van der Waals surface area contributed by atoms with Gasteiger partial charge in [0, 0.05) is 50.6 Å². The molecule has 0 atom stereocenters. The molecule has 0 radical (unpaired) electrons. The average Bonchev–Trinajstić information content (AvgIpc) is 3.33. The molecule has 59 heavy (non-hydrogen) atoms. The van der Waals surface area contributed by atoms with Gasteiger partial charge < -0.3 is 0 Å². The molecule has 0 spiro atoms. The third-order valence-corrected chi connectivity index (χ3v) is 12.3. The third-order valence-electron chi connectivity index (χ3n) is 11.1. The van der Waals surface area contributed by atoms with Gasteiger partial charge in [-0.25, -0.2) is 9.97 Å². The van der Waals surface area contributed by atoms with E-state index in [2.05, 4.69) is 157 Å². The van der Waals surface area contributed by atoms with Crippen molar-refractivity contribution in [2.24, 2.45) is 0 Å². The van der Waals surface area contributed by atoms with E-state index in [1.807, 2.05) is 60.6 Å². The van der Waals surface area contributed by atoms with Crippen LogP contribution in [-0.2, 0) is 0 Å². The molecule has 5 heteroatoms. The summed E-state index contributed by atoms with van der Waals surface area (Å²) in [6.07, 6.45) is 5.50. The number of hydrogen-bond acceptors (Lipinski definition) is 5. The van der Waals surface area contributed by atoms with Crippen molar-refractivity contribution in [3.05, 3.63) is 207 Å². The van der Waals surface area contributed by atoms with Crippen LogP contribution >= 0.6 is 11.8 Å². The number of aromatic nitrogens is 4. The summed E-state index contributed by atoms with van der Waals surface area (Å²) in [5.74, 6) is 0.659. The summed E-state index contributed by atoms with van der Waals surface area (Å²) in [7, 11) is 0. The Bertz CT molecular complexity index is 3180. The molecule has 0 saturated heterocycles. The molecule has 0 amide bonds. The fraction of sp³-hybridized carbons (Fsp3) is 0. The molecule has 1 aliphatic rings. The summed E-state index contributed by atoms with van der Waals surface area (Å²) < 4.78 is 0. The summed E-state index contributed by atoms with van der Waals surface area (Å²) in [6.45, 7) is 0. The Hall–Kier alpha value is -7.47. The Morgan fingerprint density at radius 1 is 0.356 bits per heavy atom. The van der Waals surface area contributed by atoms with Gasteiger partial charge in [-0.05, 0) is 97.7 Å². The standard InChI is InChI=1S/C54H34N4S/c1-2-14-36(15-3-1)54-57-50(32-51(58-54)39-26-29-49(56-34-39)38-16-12-30-55-33-38)37-25-27-45-43-20-7-6-18-41(43)42-19-8-9-21-44(42)46-22-10-11-23-52(46)59-53-40-17-5-4-13-35(40)24-28-47(53)48(45)31-37/h1-34H. The summed E-state index contributed by atoms with van der Waals surface area (Å²) in [4.78, 5) is 21.9. The van der Waals surface area contributed by atoms with E-state index in [-0.39, 0.29) is 0 Å². The first-order valence-corrected chi connectivity index (χ1v) is 20.5. The maximum absolute atomic E-state index is 5.27. The first-order valence-electron chi connectivity index (χ1n) is 19.7. The molecule has 0 fully saturated rings. The molecule has 4 nitrogen and oxygen atoms in total. The van der Waals surface area contributed by atoms with Crippen molar-refractivity contribution in [2.45, 2.75) is 9.79 Å². The molecular formula is C54H34N4S. The van der Waals surface area contributed by atoms with E-state index >= 15 is 0 Å². The Morgan fingerprint density at radius 3 is 1.68 bits per heavy atom. The van der Waals surface area contributed by atoms with E-state index in [9.17, 15) is 0 Å².